The van der Waals surface area contributed by atoms with Crippen molar-refractivity contribution >= 4 is 12.2 Å². The number of hydrogen-bond donors (Lipinski definition) is 0. The molecule has 0 spiro atoms. The van der Waals surface area contributed by atoms with E-state index < -0.39 is 0 Å². The SMILES string of the molecule is C=Cc1ccc[n+](CCCC)c1.C=Cc1ccccc1.O.[Br-]. The van der Waals surface area contributed by atoms with Gasteiger partial charge < -0.3 is 22.5 Å². The molecular formula is C19H26BrNO. The van der Waals surface area contributed by atoms with E-state index in [1.807, 2.05) is 42.5 Å². The molecule has 0 atom stereocenters. The van der Waals surface area contributed by atoms with Crippen LogP contribution in [-0.4, -0.2) is 5.48 Å². The number of aromatic nitrogens is 1. The predicted molar refractivity (Wildman–Crippen MR) is 91.8 cm³/mol. The smallest absolute Gasteiger partial charge is 0.176 e. The lowest BCUT2D eigenvalue weighted by atomic mass is 10.2. The summed E-state index contributed by atoms with van der Waals surface area (Å²) in [6.07, 6.45) is 10.4. The number of unbranched alkanes of at least 4 members (excludes halogenated alkanes) is 1. The molecule has 0 saturated heterocycles. The minimum atomic E-state index is 0. The van der Waals surface area contributed by atoms with Crippen molar-refractivity contribution < 1.29 is 27.0 Å². The first-order valence-corrected chi connectivity index (χ1v) is 7.09. The van der Waals surface area contributed by atoms with Gasteiger partial charge in [0.15, 0.2) is 12.4 Å². The molecule has 2 rings (SSSR count). The number of pyridine rings is 1. The van der Waals surface area contributed by atoms with Crippen LogP contribution in [0.3, 0.4) is 0 Å². The van der Waals surface area contributed by atoms with Gasteiger partial charge in [0.2, 0.25) is 0 Å². The molecule has 0 saturated carbocycles. The Morgan fingerprint density at radius 2 is 1.55 bits per heavy atom. The number of nitrogens with zero attached hydrogens (tertiary/aromatic N) is 1. The van der Waals surface area contributed by atoms with E-state index in [9.17, 15) is 0 Å². The molecule has 2 nitrogen and oxygen atoms in total. The van der Waals surface area contributed by atoms with Crippen LogP contribution < -0.4 is 21.5 Å². The third-order valence-corrected chi connectivity index (χ3v) is 2.92. The molecule has 0 aliphatic heterocycles. The largest absolute Gasteiger partial charge is 1.00 e. The van der Waals surface area contributed by atoms with Gasteiger partial charge in [0.25, 0.3) is 0 Å². The maximum atomic E-state index is 3.74. The number of halogens is 1. The highest BCUT2D eigenvalue weighted by Gasteiger charge is 1.98. The minimum Gasteiger partial charge on any atom is -1.00 e. The molecule has 0 bridgehead atoms. The Kier molecular flexibility index (Phi) is 14.6. The molecule has 0 unspecified atom stereocenters. The van der Waals surface area contributed by atoms with Gasteiger partial charge in [-0.25, -0.2) is 4.57 Å². The van der Waals surface area contributed by atoms with Crippen LogP contribution in [0.25, 0.3) is 12.2 Å². The van der Waals surface area contributed by atoms with E-state index in [1.165, 1.54) is 24.0 Å². The van der Waals surface area contributed by atoms with Crippen LogP contribution in [0.4, 0.5) is 0 Å². The van der Waals surface area contributed by atoms with E-state index >= 15 is 0 Å². The summed E-state index contributed by atoms with van der Waals surface area (Å²) in [5.41, 5.74) is 2.36. The van der Waals surface area contributed by atoms with Crippen LogP contribution in [0.1, 0.15) is 30.9 Å². The lowest BCUT2D eigenvalue weighted by Crippen LogP contribution is -3.00. The fourth-order valence-electron chi connectivity index (χ4n) is 1.73. The van der Waals surface area contributed by atoms with Crippen LogP contribution in [-0.2, 0) is 6.54 Å². The summed E-state index contributed by atoms with van der Waals surface area (Å²) in [6, 6.07) is 14.2. The molecule has 2 aromatic rings. The van der Waals surface area contributed by atoms with E-state index in [2.05, 4.69) is 49.2 Å². The summed E-state index contributed by atoms with van der Waals surface area (Å²) in [5, 5.41) is 0. The Labute approximate surface area is 144 Å². The second-order valence-corrected chi connectivity index (χ2v) is 4.55. The van der Waals surface area contributed by atoms with Gasteiger partial charge in [0, 0.05) is 18.1 Å². The van der Waals surface area contributed by atoms with Crippen LogP contribution in [0.2, 0.25) is 0 Å². The van der Waals surface area contributed by atoms with Crippen molar-refractivity contribution in [1.82, 2.24) is 0 Å². The van der Waals surface area contributed by atoms with Gasteiger partial charge in [-0.15, -0.1) is 0 Å². The Bertz CT molecular complexity index is 526. The minimum absolute atomic E-state index is 0. The molecule has 2 N–H and O–H groups in total. The molecule has 3 heteroatoms. The van der Waals surface area contributed by atoms with Gasteiger partial charge in [-0.2, -0.15) is 0 Å². The van der Waals surface area contributed by atoms with E-state index in [-0.39, 0.29) is 22.5 Å². The van der Waals surface area contributed by atoms with Crippen LogP contribution in [0, 0.1) is 0 Å². The molecule has 120 valence electrons. The van der Waals surface area contributed by atoms with Crippen molar-refractivity contribution in [3.8, 4) is 0 Å². The number of benzene rings is 1. The molecule has 1 aromatic carbocycles. The molecule has 0 radical (unpaired) electrons. The van der Waals surface area contributed by atoms with Gasteiger partial charge >= 0.3 is 0 Å². The average molecular weight is 364 g/mol. The molecular weight excluding hydrogens is 338 g/mol. The second kappa shape index (κ2) is 14.2. The van der Waals surface area contributed by atoms with Gasteiger partial charge in [-0.3, -0.25) is 0 Å². The Morgan fingerprint density at radius 3 is 2.05 bits per heavy atom. The average Bonchev–Trinajstić information content (AvgIpc) is 2.54. The standard InChI is InChI=1S/C11H16N.C8H8.BrH.H2O/c1-3-5-8-12-9-6-7-11(4-2)10-12;1-2-8-6-4-3-5-7-8;;/h4,6-7,9-10H,2-3,5,8H2,1H3;2-7H,1H2;1H;1H2/q+1;;;/p-1. The zero-order chi connectivity index (χ0) is 14.6. The molecule has 1 aromatic heterocycles. The van der Waals surface area contributed by atoms with Crippen LogP contribution in [0.5, 0.6) is 0 Å². The first kappa shape index (κ1) is 22.6. The summed E-state index contributed by atoms with van der Waals surface area (Å²) >= 11 is 0. The number of aryl methyl sites for hydroxylation is 1. The zero-order valence-electron chi connectivity index (χ0n) is 13.2. The fraction of sp³-hybridized carbons (Fsp3) is 0.211. The fourth-order valence-corrected chi connectivity index (χ4v) is 1.73. The Balaban J connectivity index is 0. The van der Waals surface area contributed by atoms with Crippen molar-refractivity contribution in [3.63, 3.8) is 0 Å². The topological polar surface area (TPSA) is 35.4 Å². The molecule has 0 aliphatic rings. The summed E-state index contributed by atoms with van der Waals surface area (Å²) in [6.45, 7) is 10.7. The third-order valence-electron chi connectivity index (χ3n) is 2.92. The second-order valence-electron chi connectivity index (χ2n) is 4.55. The Morgan fingerprint density at radius 1 is 0.955 bits per heavy atom. The van der Waals surface area contributed by atoms with Crippen LogP contribution in [0.15, 0.2) is 68.0 Å². The first-order valence-electron chi connectivity index (χ1n) is 7.09. The Hall–Kier alpha value is -1.71. The highest BCUT2D eigenvalue weighted by molar-refractivity contribution is 5.45. The third kappa shape index (κ3) is 9.27. The van der Waals surface area contributed by atoms with Gasteiger partial charge in [-0.1, -0.05) is 69.0 Å². The van der Waals surface area contributed by atoms with Gasteiger partial charge in [0.1, 0.15) is 6.54 Å². The summed E-state index contributed by atoms with van der Waals surface area (Å²) in [4.78, 5) is 0. The van der Waals surface area contributed by atoms with E-state index in [0.717, 1.165) is 6.54 Å². The van der Waals surface area contributed by atoms with Crippen molar-refractivity contribution in [1.29, 1.82) is 0 Å². The van der Waals surface area contributed by atoms with Crippen molar-refractivity contribution in [2.75, 3.05) is 0 Å². The summed E-state index contributed by atoms with van der Waals surface area (Å²) < 4.78 is 2.21. The molecule has 1 heterocycles. The maximum absolute atomic E-state index is 3.74. The van der Waals surface area contributed by atoms with Gasteiger partial charge in [0.05, 0.1) is 0 Å². The number of hydrogen-bond acceptors (Lipinski definition) is 0. The molecule has 0 aliphatic carbocycles. The molecule has 0 fully saturated rings. The highest BCUT2D eigenvalue weighted by Crippen LogP contribution is 1.97. The monoisotopic (exact) mass is 363 g/mol. The molecule has 0 amide bonds. The first-order chi connectivity index (χ1) is 9.80. The van der Waals surface area contributed by atoms with Gasteiger partial charge in [-0.05, 0) is 11.6 Å². The quantitative estimate of drug-likeness (QED) is 0.708. The van der Waals surface area contributed by atoms with E-state index in [4.69, 9.17) is 0 Å². The zero-order valence-corrected chi connectivity index (χ0v) is 14.8. The summed E-state index contributed by atoms with van der Waals surface area (Å²) in [7, 11) is 0. The maximum Gasteiger partial charge on any atom is 0.176 e. The van der Waals surface area contributed by atoms with Crippen LogP contribution >= 0.6 is 0 Å². The van der Waals surface area contributed by atoms with E-state index in [1.54, 1.807) is 0 Å². The highest BCUT2D eigenvalue weighted by atomic mass is 79.9. The lowest BCUT2D eigenvalue weighted by molar-refractivity contribution is -0.697. The van der Waals surface area contributed by atoms with Crippen molar-refractivity contribution in [2.24, 2.45) is 0 Å². The normalized spacial score (nSPS) is 8.41. The van der Waals surface area contributed by atoms with Crippen molar-refractivity contribution in [2.45, 2.75) is 26.3 Å². The lowest BCUT2D eigenvalue weighted by Gasteiger charge is -1.95. The summed E-state index contributed by atoms with van der Waals surface area (Å²) in [5.74, 6) is 0. The number of rotatable bonds is 5. The van der Waals surface area contributed by atoms with E-state index in [0.29, 0.717) is 0 Å². The predicted octanol–water partition coefficient (Wildman–Crippen LogP) is 0.926. The molecule has 22 heavy (non-hydrogen) atoms. The van der Waals surface area contributed by atoms with Crippen molar-refractivity contribution in [3.05, 3.63) is 79.1 Å².